The van der Waals surface area contributed by atoms with Crippen LogP contribution in [0.4, 0.5) is 4.79 Å². The summed E-state index contributed by atoms with van der Waals surface area (Å²) in [6.07, 6.45) is -0.511. The molecule has 0 N–H and O–H groups in total. The molecule has 1 aromatic carbocycles. The fourth-order valence-electron chi connectivity index (χ4n) is 3.26. The topological polar surface area (TPSA) is 48.0 Å². The average Bonchev–Trinajstić information content (AvgIpc) is 2.82. The van der Waals surface area contributed by atoms with Crippen LogP contribution in [0.5, 0.6) is 0 Å². The summed E-state index contributed by atoms with van der Waals surface area (Å²) in [7, 11) is 0. The third-order valence-corrected chi connectivity index (χ3v) is 4.43. The lowest BCUT2D eigenvalue weighted by molar-refractivity contribution is -0.0796. The van der Waals surface area contributed by atoms with Crippen LogP contribution in [0.15, 0.2) is 30.3 Å². The van der Waals surface area contributed by atoms with Crippen molar-refractivity contribution in [2.45, 2.75) is 78.5 Å². The van der Waals surface area contributed by atoms with Gasteiger partial charge in [-0.1, -0.05) is 44.2 Å². The molecule has 0 bridgehead atoms. The van der Waals surface area contributed by atoms with Gasteiger partial charge in [0.15, 0.2) is 0 Å². The van der Waals surface area contributed by atoms with E-state index in [4.69, 9.17) is 14.2 Å². The van der Waals surface area contributed by atoms with E-state index < -0.39 is 11.3 Å². The van der Waals surface area contributed by atoms with Gasteiger partial charge in [-0.05, 0) is 46.1 Å². The number of benzene rings is 1. The maximum Gasteiger partial charge on any atom is 0.412 e. The summed E-state index contributed by atoms with van der Waals surface area (Å²) in [6.45, 7) is 14.5. The summed E-state index contributed by atoms with van der Waals surface area (Å²) in [5.74, 6) is 0.228. The zero-order valence-corrected chi connectivity index (χ0v) is 17.1. The molecule has 5 nitrogen and oxygen atoms in total. The first-order valence-corrected chi connectivity index (χ1v) is 9.33. The van der Waals surface area contributed by atoms with Gasteiger partial charge in [0.2, 0.25) is 0 Å². The molecule has 1 amide bonds. The van der Waals surface area contributed by atoms with Gasteiger partial charge in [0, 0.05) is 0 Å². The van der Waals surface area contributed by atoms with Crippen molar-refractivity contribution >= 4 is 6.09 Å². The van der Waals surface area contributed by atoms with E-state index in [-0.39, 0.29) is 24.2 Å². The molecule has 0 aliphatic carbocycles. The Morgan fingerprint density at radius 1 is 1.27 bits per heavy atom. The molecular weight excluding hydrogens is 330 g/mol. The van der Waals surface area contributed by atoms with E-state index >= 15 is 0 Å². The third kappa shape index (κ3) is 5.21. The van der Waals surface area contributed by atoms with E-state index in [0.29, 0.717) is 13.2 Å². The molecule has 1 aliphatic heterocycles. The van der Waals surface area contributed by atoms with Crippen LogP contribution in [0.25, 0.3) is 0 Å². The van der Waals surface area contributed by atoms with Crippen molar-refractivity contribution in [3.63, 3.8) is 0 Å². The van der Waals surface area contributed by atoms with Crippen LogP contribution in [0, 0.1) is 5.92 Å². The molecule has 1 heterocycles. The monoisotopic (exact) mass is 363 g/mol. The Bertz CT molecular complexity index is 592. The summed E-state index contributed by atoms with van der Waals surface area (Å²) in [5, 5.41) is 0. The maximum atomic E-state index is 12.9. The zero-order chi connectivity index (χ0) is 19.5. The highest BCUT2D eigenvalue weighted by molar-refractivity contribution is 5.70. The molecule has 0 saturated carbocycles. The highest BCUT2D eigenvalue weighted by Gasteiger charge is 2.49. The lowest BCUT2D eigenvalue weighted by Gasteiger charge is -2.38. The highest BCUT2D eigenvalue weighted by atomic mass is 16.6. The minimum absolute atomic E-state index is 0.149. The smallest absolute Gasteiger partial charge is 0.412 e. The lowest BCUT2D eigenvalue weighted by atomic mass is 9.98. The van der Waals surface area contributed by atoms with Crippen molar-refractivity contribution in [3.05, 3.63) is 35.9 Å². The predicted octanol–water partition coefficient (Wildman–Crippen LogP) is 4.60. The molecule has 0 aromatic heterocycles. The molecule has 146 valence electrons. The fourth-order valence-corrected chi connectivity index (χ4v) is 3.26. The molecule has 1 aromatic rings. The second-order valence-corrected chi connectivity index (χ2v) is 8.68. The maximum absolute atomic E-state index is 12.9. The van der Waals surface area contributed by atoms with Gasteiger partial charge < -0.3 is 14.2 Å². The fraction of sp³-hybridized carbons (Fsp3) is 0.667. The first-order chi connectivity index (χ1) is 12.0. The number of nitrogens with zero attached hydrogens (tertiary/aromatic N) is 1. The summed E-state index contributed by atoms with van der Waals surface area (Å²) in [6, 6.07) is 9.87. The Morgan fingerprint density at radius 2 is 1.88 bits per heavy atom. The number of hydrogen-bond acceptors (Lipinski definition) is 4. The van der Waals surface area contributed by atoms with Crippen LogP contribution < -0.4 is 0 Å². The van der Waals surface area contributed by atoms with Gasteiger partial charge in [-0.2, -0.15) is 0 Å². The minimum atomic E-state index is -0.726. The molecule has 5 heteroatoms. The number of ether oxygens (including phenoxy) is 3. The number of hydrogen-bond donors (Lipinski definition) is 0. The summed E-state index contributed by atoms with van der Waals surface area (Å²) in [5.41, 5.74) is -0.172. The molecule has 2 atom stereocenters. The Balaban J connectivity index is 2.18. The van der Waals surface area contributed by atoms with Crippen molar-refractivity contribution in [2.75, 3.05) is 6.61 Å². The van der Waals surface area contributed by atoms with Crippen LogP contribution in [-0.4, -0.2) is 41.1 Å². The molecule has 0 radical (unpaired) electrons. The second-order valence-electron chi connectivity index (χ2n) is 8.68. The van der Waals surface area contributed by atoms with Crippen LogP contribution in [0.1, 0.15) is 54.0 Å². The van der Waals surface area contributed by atoms with Crippen molar-refractivity contribution in [3.8, 4) is 0 Å². The van der Waals surface area contributed by atoms with Crippen molar-refractivity contribution in [1.29, 1.82) is 0 Å². The molecular formula is C21H33NO4. The number of rotatable bonds is 5. The normalized spacial score (nSPS) is 21.1. The van der Waals surface area contributed by atoms with Gasteiger partial charge >= 0.3 is 6.09 Å². The molecule has 26 heavy (non-hydrogen) atoms. The molecule has 0 spiro atoms. The average molecular weight is 363 g/mol. The largest absolute Gasteiger partial charge is 0.444 e. The minimum Gasteiger partial charge on any atom is -0.444 e. The molecule has 0 unspecified atom stereocenters. The van der Waals surface area contributed by atoms with E-state index in [9.17, 15) is 4.79 Å². The molecule has 2 rings (SSSR count). The van der Waals surface area contributed by atoms with E-state index in [1.165, 1.54) is 0 Å². The Kier molecular flexibility index (Phi) is 6.35. The van der Waals surface area contributed by atoms with Gasteiger partial charge in [0.1, 0.15) is 11.3 Å². The summed E-state index contributed by atoms with van der Waals surface area (Å²) >= 11 is 0. The standard InChI is InChI=1S/C21H33NO4/c1-15(2)18(24-13-16-11-9-8-10-12-16)17-14-25-21(6,7)22(17)19(23)26-20(3,4)5/h8-12,15,17-18H,13-14H2,1-7H3/t17-,18+/m0/s1. The Hall–Kier alpha value is -1.59. The van der Waals surface area contributed by atoms with Crippen molar-refractivity contribution < 1.29 is 19.0 Å². The van der Waals surface area contributed by atoms with Gasteiger partial charge in [0.05, 0.1) is 25.4 Å². The van der Waals surface area contributed by atoms with Gasteiger partial charge in [0.25, 0.3) is 0 Å². The lowest BCUT2D eigenvalue weighted by Crippen LogP contribution is -2.54. The van der Waals surface area contributed by atoms with Crippen LogP contribution in [0.3, 0.4) is 0 Å². The number of carbonyl (C=O) groups excluding carboxylic acids is 1. The SMILES string of the molecule is CC(C)[C@@H](OCc1ccccc1)[C@@H]1COC(C)(C)N1C(=O)OC(C)(C)C. The Labute approximate surface area is 157 Å². The van der Waals surface area contributed by atoms with Crippen LogP contribution in [0.2, 0.25) is 0 Å². The van der Waals surface area contributed by atoms with E-state index in [1.54, 1.807) is 4.90 Å². The van der Waals surface area contributed by atoms with Crippen LogP contribution in [-0.2, 0) is 20.8 Å². The first-order valence-electron chi connectivity index (χ1n) is 9.33. The molecule has 1 aliphatic rings. The third-order valence-electron chi connectivity index (χ3n) is 4.43. The predicted molar refractivity (Wildman–Crippen MR) is 102 cm³/mol. The number of amides is 1. The van der Waals surface area contributed by atoms with Gasteiger partial charge in [-0.3, -0.25) is 4.90 Å². The Morgan fingerprint density at radius 3 is 2.42 bits per heavy atom. The molecule has 1 saturated heterocycles. The van der Waals surface area contributed by atoms with Crippen molar-refractivity contribution in [2.24, 2.45) is 5.92 Å². The van der Waals surface area contributed by atoms with Gasteiger partial charge in [-0.25, -0.2) is 4.79 Å². The van der Waals surface area contributed by atoms with Crippen LogP contribution >= 0.6 is 0 Å². The summed E-state index contributed by atoms with van der Waals surface area (Å²) in [4.78, 5) is 14.6. The quantitative estimate of drug-likeness (QED) is 0.767. The van der Waals surface area contributed by atoms with Crippen molar-refractivity contribution in [1.82, 2.24) is 4.90 Å². The second kappa shape index (κ2) is 7.97. The van der Waals surface area contributed by atoms with E-state index in [2.05, 4.69) is 13.8 Å². The zero-order valence-electron chi connectivity index (χ0n) is 17.1. The van der Waals surface area contributed by atoms with Gasteiger partial charge in [-0.15, -0.1) is 0 Å². The first kappa shape index (κ1) is 20.7. The number of carbonyl (C=O) groups is 1. The highest BCUT2D eigenvalue weighted by Crippen LogP contribution is 2.34. The van der Waals surface area contributed by atoms with E-state index in [1.807, 2.05) is 65.0 Å². The summed E-state index contributed by atoms with van der Waals surface area (Å²) < 4.78 is 17.8. The van der Waals surface area contributed by atoms with E-state index in [0.717, 1.165) is 5.56 Å². The molecule has 1 fully saturated rings.